The van der Waals surface area contributed by atoms with E-state index in [-0.39, 0.29) is 30.8 Å². The maximum atomic E-state index is 11.3. The predicted octanol–water partition coefficient (Wildman–Crippen LogP) is 1.09. The maximum Gasteiger partial charge on any atom is 0.312 e. The summed E-state index contributed by atoms with van der Waals surface area (Å²) in [7, 11) is 0. The predicted molar refractivity (Wildman–Crippen MR) is 60.4 cm³/mol. The highest BCUT2D eigenvalue weighted by Crippen LogP contribution is 2.27. The number of hydrogen-bond acceptors (Lipinski definition) is 6. The number of hydrogen-bond donors (Lipinski definition) is 1. The molecule has 0 spiro atoms. The van der Waals surface area contributed by atoms with E-state index in [0.29, 0.717) is 6.29 Å². The molecule has 0 aromatic heterocycles. The van der Waals surface area contributed by atoms with Crippen molar-refractivity contribution in [3.63, 3.8) is 0 Å². The molecule has 0 radical (unpaired) electrons. The molecule has 1 aromatic carbocycles. The summed E-state index contributed by atoms with van der Waals surface area (Å²) in [6.45, 7) is -0.165. The molecule has 0 unspecified atom stereocenters. The molecule has 0 saturated heterocycles. The zero-order valence-electron chi connectivity index (χ0n) is 9.37. The second-order valence-corrected chi connectivity index (χ2v) is 3.40. The van der Waals surface area contributed by atoms with E-state index in [1.807, 2.05) is 0 Å². The second kappa shape index (κ2) is 6.45. The van der Waals surface area contributed by atoms with Crippen molar-refractivity contribution in [3.05, 3.63) is 33.9 Å². The summed E-state index contributed by atoms with van der Waals surface area (Å²) in [6.07, 6.45) is 0.645. The monoisotopic (exact) mass is 253 g/mol. The summed E-state index contributed by atoms with van der Waals surface area (Å²) >= 11 is 0. The van der Waals surface area contributed by atoms with Crippen molar-refractivity contribution in [2.24, 2.45) is 0 Å². The van der Waals surface area contributed by atoms with Gasteiger partial charge in [-0.05, 0) is 18.6 Å². The first-order valence-electron chi connectivity index (χ1n) is 5.13. The normalized spacial score (nSPS) is 9.83. The van der Waals surface area contributed by atoms with E-state index in [2.05, 4.69) is 0 Å². The molecule has 0 aliphatic rings. The third-order valence-electron chi connectivity index (χ3n) is 2.08. The van der Waals surface area contributed by atoms with Crippen molar-refractivity contribution in [1.29, 1.82) is 0 Å². The Morgan fingerprint density at radius 2 is 2.22 bits per heavy atom. The van der Waals surface area contributed by atoms with Crippen LogP contribution in [0.3, 0.4) is 0 Å². The van der Waals surface area contributed by atoms with Gasteiger partial charge in [-0.2, -0.15) is 0 Å². The Morgan fingerprint density at radius 1 is 1.50 bits per heavy atom. The minimum Gasteiger partial charge on any atom is -0.419 e. The molecule has 7 heteroatoms. The van der Waals surface area contributed by atoms with Gasteiger partial charge < -0.3 is 9.84 Å². The first-order valence-corrected chi connectivity index (χ1v) is 5.13. The maximum absolute atomic E-state index is 11.3. The molecule has 0 amide bonds. The van der Waals surface area contributed by atoms with Crippen LogP contribution in [0.25, 0.3) is 0 Å². The fraction of sp³-hybridized carbons (Fsp3) is 0.273. The van der Waals surface area contributed by atoms with Gasteiger partial charge in [0.1, 0.15) is 6.29 Å². The quantitative estimate of drug-likeness (QED) is 0.267. The Balaban J connectivity index is 2.91. The molecule has 0 saturated carbocycles. The summed E-state index contributed by atoms with van der Waals surface area (Å²) < 4.78 is 4.80. The van der Waals surface area contributed by atoms with Crippen molar-refractivity contribution in [1.82, 2.24) is 0 Å². The van der Waals surface area contributed by atoms with Crippen LogP contribution >= 0.6 is 0 Å². The molecule has 1 rings (SSSR count). The summed E-state index contributed by atoms with van der Waals surface area (Å²) in [6, 6.07) is 3.54. The fourth-order valence-corrected chi connectivity index (χ4v) is 1.23. The largest absolute Gasteiger partial charge is 0.419 e. The van der Waals surface area contributed by atoms with E-state index in [1.165, 1.54) is 12.1 Å². The van der Waals surface area contributed by atoms with Crippen LogP contribution in [0, 0.1) is 10.1 Å². The first-order chi connectivity index (χ1) is 8.58. The minimum absolute atomic E-state index is 0.0386. The number of nitro groups is 1. The number of aldehydes is 1. The van der Waals surface area contributed by atoms with Gasteiger partial charge >= 0.3 is 11.7 Å². The number of benzene rings is 1. The average Bonchev–Trinajstić information content (AvgIpc) is 2.36. The SMILES string of the molecule is O=Cc1ccc(OC(=O)CCCO)c([N+](=O)[O-])c1. The average molecular weight is 253 g/mol. The number of rotatable bonds is 6. The summed E-state index contributed by atoms with van der Waals surface area (Å²) in [5.74, 6) is -0.889. The third-order valence-corrected chi connectivity index (χ3v) is 2.08. The second-order valence-electron chi connectivity index (χ2n) is 3.40. The van der Waals surface area contributed by atoms with E-state index in [1.54, 1.807) is 0 Å². The molecule has 0 heterocycles. The molecule has 1 aromatic rings. The molecular weight excluding hydrogens is 242 g/mol. The Hall–Kier alpha value is -2.28. The standard InChI is InChI=1S/C11H11NO6/c13-5-1-2-11(15)18-10-4-3-8(7-14)6-9(10)12(16)17/h3-4,6-7,13H,1-2,5H2. The van der Waals surface area contributed by atoms with Gasteiger partial charge in [0, 0.05) is 24.7 Å². The summed E-state index contributed by atoms with van der Waals surface area (Å²) in [5.41, 5.74) is -0.325. The Labute approximate surface area is 102 Å². The van der Waals surface area contributed by atoms with Crippen LogP contribution in [0.5, 0.6) is 5.75 Å². The van der Waals surface area contributed by atoms with Gasteiger partial charge in [-0.25, -0.2) is 0 Å². The molecule has 7 nitrogen and oxygen atoms in total. The Kier molecular flexibility index (Phi) is 4.94. The molecule has 18 heavy (non-hydrogen) atoms. The van der Waals surface area contributed by atoms with Crippen LogP contribution < -0.4 is 4.74 Å². The molecule has 0 aliphatic carbocycles. The van der Waals surface area contributed by atoms with E-state index in [9.17, 15) is 19.7 Å². The van der Waals surface area contributed by atoms with Crippen LogP contribution in [-0.4, -0.2) is 28.9 Å². The van der Waals surface area contributed by atoms with Crippen LogP contribution in [0.15, 0.2) is 18.2 Å². The molecular formula is C11H11NO6. The van der Waals surface area contributed by atoms with E-state index in [4.69, 9.17) is 9.84 Å². The number of ether oxygens (including phenoxy) is 1. The lowest BCUT2D eigenvalue weighted by Crippen LogP contribution is -2.09. The molecule has 0 aliphatic heterocycles. The van der Waals surface area contributed by atoms with E-state index < -0.39 is 16.6 Å². The van der Waals surface area contributed by atoms with Crippen LogP contribution in [-0.2, 0) is 4.79 Å². The molecule has 0 fully saturated rings. The highest BCUT2D eigenvalue weighted by Gasteiger charge is 2.18. The van der Waals surface area contributed by atoms with Crippen LogP contribution in [0.1, 0.15) is 23.2 Å². The van der Waals surface area contributed by atoms with Crippen LogP contribution in [0.4, 0.5) is 5.69 Å². The number of esters is 1. The zero-order chi connectivity index (χ0) is 13.5. The number of aliphatic hydroxyl groups is 1. The topological polar surface area (TPSA) is 107 Å². The highest BCUT2D eigenvalue weighted by atomic mass is 16.6. The zero-order valence-corrected chi connectivity index (χ0v) is 9.37. The highest BCUT2D eigenvalue weighted by molar-refractivity contribution is 5.79. The van der Waals surface area contributed by atoms with Crippen LogP contribution in [0.2, 0.25) is 0 Å². The number of nitrogens with zero attached hydrogens (tertiary/aromatic N) is 1. The van der Waals surface area contributed by atoms with Crippen molar-refractivity contribution in [3.8, 4) is 5.75 Å². The summed E-state index contributed by atoms with van der Waals surface area (Å²) in [5, 5.41) is 19.3. The van der Waals surface area contributed by atoms with Gasteiger partial charge in [-0.1, -0.05) is 0 Å². The van der Waals surface area contributed by atoms with Gasteiger partial charge in [0.05, 0.1) is 4.92 Å². The lowest BCUT2D eigenvalue weighted by molar-refractivity contribution is -0.385. The number of nitro benzene ring substituents is 1. The molecule has 0 bridgehead atoms. The number of carbonyl (C=O) groups excluding carboxylic acids is 2. The fourth-order valence-electron chi connectivity index (χ4n) is 1.23. The Bertz CT molecular complexity index is 471. The lowest BCUT2D eigenvalue weighted by Gasteiger charge is -2.04. The summed E-state index contributed by atoms with van der Waals surface area (Å²) in [4.78, 5) is 31.8. The molecule has 1 N–H and O–H groups in total. The molecule has 0 atom stereocenters. The molecule has 96 valence electrons. The van der Waals surface area contributed by atoms with Gasteiger partial charge in [-0.3, -0.25) is 19.7 Å². The van der Waals surface area contributed by atoms with E-state index >= 15 is 0 Å². The van der Waals surface area contributed by atoms with Gasteiger partial charge in [-0.15, -0.1) is 0 Å². The number of carbonyl (C=O) groups is 2. The van der Waals surface area contributed by atoms with Crippen molar-refractivity contribution < 1.29 is 24.4 Å². The van der Waals surface area contributed by atoms with Gasteiger partial charge in [0.2, 0.25) is 5.75 Å². The lowest BCUT2D eigenvalue weighted by atomic mass is 10.2. The first kappa shape index (κ1) is 13.8. The van der Waals surface area contributed by atoms with Gasteiger partial charge in [0.25, 0.3) is 0 Å². The minimum atomic E-state index is -0.734. The van der Waals surface area contributed by atoms with E-state index in [0.717, 1.165) is 6.07 Å². The Morgan fingerprint density at radius 3 is 2.78 bits per heavy atom. The van der Waals surface area contributed by atoms with Gasteiger partial charge in [0.15, 0.2) is 0 Å². The van der Waals surface area contributed by atoms with Crippen molar-refractivity contribution in [2.45, 2.75) is 12.8 Å². The number of aliphatic hydroxyl groups excluding tert-OH is 1. The third kappa shape index (κ3) is 3.63. The van der Waals surface area contributed by atoms with Crippen molar-refractivity contribution >= 4 is 17.9 Å². The van der Waals surface area contributed by atoms with Crippen molar-refractivity contribution in [2.75, 3.05) is 6.61 Å². The smallest absolute Gasteiger partial charge is 0.312 e.